The van der Waals surface area contributed by atoms with Gasteiger partial charge in [-0.3, -0.25) is 4.98 Å². The molecule has 7 nitrogen and oxygen atoms in total. The van der Waals surface area contributed by atoms with Crippen LogP contribution in [0.5, 0.6) is 0 Å². The monoisotopic (exact) mass is 272 g/mol. The van der Waals surface area contributed by atoms with Crippen molar-refractivity contribution in [1.29, 1.82) is 0 Å². The third-order valence-corrected chi connectivity index (χ3v) is 4.18. The van der Waals surface area contributed by atoms with Crippen LogP contribution in [0.1, 0.15) is 5.56 Å². The first kappa shape index (κ1) is 14.4. The Hall–Kier alpha value is -1.67. The molecule has 0 spiro atoms. The normalized spacial score (nSPS) is 12.9. The van der Waals surface area contributed by atoms with Crippen molar-refractivity contribution < 1.29 is 13.6 Å². The summed E-state index contributed by atoms with van der Waals surface area (Å²) >= 11 is 0. The summed E-state index contributed by atoms with van der Waals surface area (Å²) in [4.78, 5) is 3.86. The Morgan fingerprint density at radius 3 is 2.67 bits per heavy atom. The number of sulfonamides is 1. The van der Waals surface area contributed by atoms with E-state index in [0.29, 0.717) is 6.42 Å². The van der Waals surface area contributed by atoms with E-state index >= 15 is 0 Å². The number of hydrogen-bond acceptors (Lipinski definition) is 5. The van der Waals surface area contributed by atoms with Gasteiger partial charge in [0.1, 0.15) is 0 Å². The maximum atomic E-state index is 11.9. The molecule has 0 aliphatic heterocycles. The molecule has 0 bridgehead atoms. The zero-order chi connectivity index (χ0) is 13.6. The van der Waals surface area contributed by atoms with Crippen molar-refractivity contribution in [2.75, 3.05) is 19.3 Å². The van der Waals surface area contributed by atoms with Gasteiger partial charge in [-0.05, 0) is 24.1 Å². The molecule has 1 aromatic heterocycles. The molecule has 0 fully saturated rings. The van der Waals surface area contributed by atoms with E-state index in [1.807, 2.05) is 0 Å². The number of hydrogen-bond donors (Lipinski definition) is 2. The van der Waals surface area contributed by atoms with Crippen molar-refractivity contribution in [1.82, 2.24) is 9.29 Å². The average molecular weight is 272 g/mol. The highest BCUT2D eigenvalue weighted by Crippen LogP contribution is 2.04. The molecule has 1 aromatic rings. The quantitative estimate of drug-likeness (QED) is 0.318. The molecule has 0 radical (unpaired) electrons. The van der Waals surface area contributed by atoms with Gasteiger partial charge in [0, 0.05) is 19.4 Å². The van der Waals surface area contributed by atoms with E-state index in [1.54, 1.807) is 24.5 Å². The summed E-state index contributed by atoms with van der Waals surface area (Å²) in [6.45, 7) is -0.130. The second kappa shape index (κ2) is 6.31. The highest BCUT2D eigenvalue weighted by Gasteiger charge is 2.18. The van der Waals surface area contributed by atoms with Crippen molar-refractivity contribution in [2.45, 2.75) is 6.42 Å². The van der Waals surface area contributed by atoms with Gasteiger partial charge in [0.05, 0.1) is 12.3 Å². The first-order valence-electron chi connectivity index (χ1n) is 5.25. The molecular formula is C10H16N4O3S. The van der Waals surface area contributed by atoms with Crippen LogP contribution >= 0.6 is 0 Å². The molecule has 3 N–H and O–H groups in total. The molecule has 0 atom stereocenters. The Labute approximate surface area is 106 Å². The number of rotatable bonds is 6. The summed E-state index contributed by atoms with van der Waals surface area (Å²) in [5, 5.41) is 11.1. The summed E-state index contributed by atoms with van der Waals surface area (Å²) < 4.78 is 24.8. The largest absolute Gasteiger partial charge is 0.409 e. The van der Waals surface area contributed by atoms with Gasteiger partial charge in [0.25, 0.3) is 0 Å². The van der Waals surface area contributed by atoms with E-state index in [-0.39, 0.29) is 18.1 Å². The number of pyridine rings is 1. The fourth-order valence-electron chi connectivity index (χ4n) is 1.31. The first-order valence-corrected chi connectivity index (χ1v) is 6.86. The summed E-state index contributed by atoms with van der Waals surface area (Å²) in [6.07, 6.45) is 3.62. The van der Waals surface area contributed by atoms with E-state index in [4.69, 9.17) is 10.9 Å². The van der Waals surface area contributed by atoms with Crippen molar-refractivity contribution in [3.63, 3.8) is 0 Å². The molecule has 0 saturated heterocycles. The molecule has 0 saturated carbocycles. The number of aryl methyl sites for hydroxylation is 1. The topological polar surface area (TPSA) is 109 Å². The molecule has 0 aliphatic carbocycles. The number of nitrogens with zero attached hydrogens (tertiary/aromatic N) is 3. The standard InChI is InChI=1S/C10H16N4O3S/c1-14(8-10(11)13-15)18(16,17)7-4-9-2-5-12-6-3-9/h2-3,5-6,15H,4,7-8H2,1H3,(H2,11,13). The van der Waals surface area contributed by atoms with Gasteiger partial charge in [-0.25, -0.2) is 8.42 Å². The van der Waals surface area contributed by atoms with Crippen LogP contribution < -0.4 is 5.73 Å². The summed E-state index contributed by atoms with van der Waals surface area (Å²) in [6, 6.07) is 3.53. The van der Waals surface area contributed by atoms with Crippen molar-refractivity contribution in [3.8, 4) is 0 Å². The van der Waals surface area contributed by atoms with Crippen LogP contribution in [0.4, 0.5) is 0 Å². The molecule has 0 aliphatic rings. The van der Waals surface area contributed by atoms with E-state index in [1.165, 1.54) is 7.05 Å². The van der Waals surface area contributed by atoms with Crippen LogP contribution in [0.15, 0.2) is 29.7 Å². The fraction of sp³-hybridized carbons (Fsp3) is 0.400. The summed E-state index contributed by atoms with van der Waals surface area (Å²) in [5.74, 6) is -0.184. The molecular weight excluding hydrogens is 256 g/mol. The fourth-order valence-corrected chi connectivity index (χ4v) is 2.44. The summed E-state index contributed by atoms with van der Waals surface area (Å²) in [7, 11) is -2.03. The molecule has 100 valence electrons. The van der Waals surface area contributed by atoms with Crippen molar-refractivity contribution in [3.05, 3.63) is 30.1 Å². The zero-order valence-corrected chi connectivity index (χ0v) is 10.8. The zero-order valence-electron chi connectivity index (χ0n) is 10.0. The van der Waals surface area contributed by atoms with Gasteiger partial charge in [-0.15, -0.1) is 0 Å². The number of aromatic nitrogens is 1. The Kier molecular flexibility index (Phi) is 5.05. The summed E-state index contributed by atoms with van der Waals surface area (Å²) in [5.41, 5.74) is 6.16. The lowest BCUT2D eigenvalue weighted by atomic mass is 10.2. The predicted molar refractivity (Wildman–Crippen MR) is 67.8 cm³/mol. The van der Waals surface area contributed by atoms with Gasteiger partial charge < -0.3 is 10.9 Å². The lowest BCUT2D eigenvalue weighted by molar-refractivity contribution is 0.315. The highest BCUT2D eigenvalue weighted by molar-refractivity contribution is 7.89. The van der Waals surface area contributed by atoms with Crippen LogP contribution in [0.2, 0.25) is 0 Å². The van der Waals surface area contributed by atoms with Gasteiger partial charge in [0.2, 0.25) is 10.0 Å². The third kappa shape index (κ3) is 4.30. The van der Waals surface area contributed by atoms with E-state index < -0.39 is 10.0 Å². The van der Waals surface area contributed by atoms with Gasteiger partial charge in [-0.1, -0.05) is 5.16 Å². The minimum atomic E-state index is -3.42. The van der Waals surface area contributed by atoms with Crippen molar-refractivity contribution >= 4 is 15.9 Å². The minimum absolute atomic E-state index is 0.0355. The molecule has 1 rings (SSSR count). The predicted octanol–water partition coefficient (Wildman–Crippen LogP) is -0.368. The molecule has 8 heteroatoms. The smallest absolute Gasteiger partial charge is 0.214 e. The minimum Gasteiger partial charge on any atom is -0.409 e. The molecule has 18 heavy (non-hydrogen) atoms. The second-order valence-electron chi connectivity index (χ2n) is 3.77. The number of nitrogens with two attached hydrogens (primary N) is 1. The Morgan fingerprint density at radius 2 is 2.11 bits per heavy atom. The van der Waals surface area contributed by atoms with E-state index in [2.05, 4.69) is 10.1 Å². The maximum absolute atomic E-state index is 11.9. The maximum Gasteiger partial charge on any atom is 0.214 e. The van der Waals surface area contributed by atoms with Crippen LogP contribution in [0, 0.1) is 0 Å². The highest BCUT2D eigenvalue weighted by atomic mass is 32.2. The average Bonchev–Trinajstić information content (AvgIpc) is 2.37. The van der Waals surface area contributed by atoms with Crippen LogP contribution in [0.25, 0.3) is 0 Å². The number of oxime groups is 1. The molecule has 0 aromatic carbocycles. The lowest BCUT2D eigenvalue weighted by Gasteiger charge is -2.16. The van der Waals surface area contributed by atoms with Crippen LogP contribution in [0.3, 0.4) is 0 Å². The Bertz CT molecular complexity index is 501. The van der Waals surface area contributed by atoms with Crippen LogP contribution in [-0.2, 0) is 16.4 Å². The van der Waals surface area contributed by atoms with Gasteiger partial charge in [0.15, 0.2) is 5.84 Å². The first-order chi connectivity index (χ1) is 8.45. The van der Waals surface area contributed by atoms with Crippen LogP contribution in [-0.4, -0.2) is 48.1 Å². The lowest BCUT2D eigenvalue weighted by Crippen LogP contribution is -2.37. The Morgan fingerprint density at radius 1 is 1.50 bits per heavy atom. The number of amidine groups is 1. The molecule has 1 heterocycles. The number of likely N-dealkylation sites (N-methyl/N-ethyl adjacent to an activating group) is 1. The van der Waals surface area contributed by atoms with Gasteiger partial charge in [-0.2, -0.15) is 4.31 Å². The van der Waals surface area contributed by atoms with Gasteiger partial charge >= 0.3 is 0 Å². The Balaban J connectivity index is 2.60. The molecule has 0 amide bonds. The third-order valence-electron chi connectivity index (χ3n) is 2.39. The van der Waals surface area contributed by atoms with E-state index in [0.717, 1.165) is 9.87 Å². The second-order valence-corrected chi connectivity index (χ2v) is 5.96. The van der Waals surface area contributed by atoms with Crippen molar-refractivity contribution in [2.24, 2.45) is 10.9 Å². The SMILES string of the molecule is CN(CC(N)=NO)S(=O)(=O)CCc1ccncc1. The van der Waals surface area contributed by atoms with E-state index in [9.17, 15) is 8.42 Å². The molecule has 0 unspecified atom stereocenters.